The molecule has 0 aliphatic heterocycles. The number of ketones is 1. The molecule has 0 aliphatic rings. The second-order valence-corrected chi connectivity index (χ2v) is 8.09. The van der Waals surface area contributed by atoms with E-state index in [0.29, 0.717) is 11.5 Å². The Labute approximate surface area is 232 Å². The van der Waals surface area contributed by atoms with E-state index < -0.39 is 0 Å². The molecule has 0 amide bonds. The van der Waals surface area contributed by atoms with E-state index in [1.165, 1.54) is 19.9 Å². The number of anilines is 1. The zero-order chi connectivity index (χ0) is 25.9. The third kappa shape index (κ3) is 9.58. The van der Waals surface area contributed by atoms with E-state index in [1.54, 1.807) is 6.20 Å². The molecule has 0 atom stereocenters. The number of aliphatic hydroxyl groups excluding tert-OH is 1. The molecule has 0 unspecified atom stereocenters. The molecule has 1 aromatic heterocycles. The summed E-state index contributed by atoms with van der Waals surface area (Å²) in [5.41, 5.74) is 2.62. The van der Waals surface area contributed by atoms with Gasteiger partial charge in [-0.05, 0) is 49.9 Å². The van der Waals surface area contributed by atoms with Gasteiger partial charge in [-0.15, -0.1) is 12.1 Å². The summed E-state index contributed by atoms with van der Waals surface area (Å²) in [6.45, 7) is 2.85. The molecular weight excluding hydrogens is 647 g/mol. The van der Waals surface area contributed by atoms with Crippen molar-refractivity contribution in [2.24, 2.45) is 0 Å². The van der Waals surface area contributed by atoms with Gasteiger partial charge in [-0.3, -0.25) is 4.79 Å². The summed E-state index contributed by atoms with van der Waals surface area (Å²) in [5, 5.41) is 8.36. The van der Waals surface area contributed by atoms with Gasteiger partial charge in [-0.25, -0.2) is 0 Å². The smallest absolute Gasteiger partial charge is 0.155 e. The number of rotatable bonds is 7. The standard InChI is InChI=1S/C25H21N2O2.C5H8O2.Pt/c1-27(2)19-15-16-26-24(17-19)23-14-13-22(28-20-9-5-3-6-10-20)18-25(23)29-21-11-7-4-8-12-21;1-4(6)3-5(2)7;/h3-13,15-18H,1-2H3;3,6H,1-2H3;/q-1;;/b;4-3-;. The van der Waals surface area contributed by atoms with Crippen molar-refractivity contribution in [3.63, 3.8) is 0 Å². The summed E-state index contributed by atoms with van der Waals surface area (Å²) >= 11 is 0. The SMILES string of the molecule is CC(=O)/C=C(/C)O.CN(C)c1ccnc(-c2[c-]cc(Oc3ccccc3)cc2Oc2ccccc2)c1.[Pt]. The second kappa shape index (κ2) is 14.6. The summed E-state index contributed by atoms with van der Waals surface area (Å²) in [7, 11) is 4.00. The first kappa shape index (κ1) is 29.3. The summed E-state index contributed by atoms with van der Waals surface area (Å²) in [6.07, 6.45) is 2.96. The van der Waals surface area contributed by atoms with Crippen LogP contribution in [0.2, 0.25) is 0 Å². The van der Waals surface area contributed by atoms with Gasteiger partial charge in [0.25, 0.3) is 0 Å². The van der Waals surface area contributed by atoms with Crippen LogP contribution >= 0.6 is 0 Å². The number of benzene rings is 3. The molecule has 3 aromatic carbocycles. The molecule has 194 valence electrons. The van der Waals surface area contributed by atoms with Crippen LogP contribution in [-0.2, 0) is 25.9 Å². The summed E-state index contributed by atoms with van der Waals surface area (Å²) in [5.74, 6) is 2.71. The van der Waals surface area contributed by atoms with Crippen LogP contribution < -0.4 is 14.4 Å². The molecule has 0 saturated heterocycles. The number of allylic oxidation sites excluding steroid dienone is 2. The number of carbonyl (C=O) groups is 1. The van der Waals surface area contributed by atoms with Gasteiger partial charge in [0.2, 0.25) is 0 Å². The number of para-hydroxylation sites is 2. The van der Waals surface area contributed by atoms with Crippen molar-refractivity contribution in [1.82, 2.24) is 4.98 Å². The average Bonchev–Trinajstić information content (AvgIpc) is 2.85. The Morgan fingerprint density at radius 2 is 1.49 bits per heavy atom. The monoisotopic (exact) mass is 676 g/mol. The first-order valence-corrected chi connectivity index (χ1v) is 11.3. The van der Waals surface area contributed by atoms with Crippen molar-refractivity contribution in [2.45, 2.75) is 13.8 Å². The van der Waals surface area contributed by atoms with Crippen molar-refractivity contribution >= 4 is 11.5 Å². The van der Waals surface area contributed by atoms with E-state index >= 15 is 0 Å². The fourth-order valence-corrected chi connectivity index (χ4v) is 3.17. The maximum Gasteiger partial charge on any atom is 0.155 e. The molecule has 6 nitrogen and oxygen atoms in total. The zero-order valence-electron chi connectivity index (χ0n) is 21.1. The van der Waals surface area contributed by atoms with Gasteiger partial charge in [-0.1, -0.05) is 54.1 Å². The van der Waals surface area contributed by atoms with E-state index in [1.807, 2.05) is 104 Å². The Morgan fingerprint density at radius 3 is 2.00 bits per heavy atom. The molecule has 4 aromatic rings. The first-order chi connectivity index (χ1) is 17.3. The van der Waals surface area contributed by atoms with Gasteiger partial charge in [0, 0.05) is 64.6 Å². The number of carbonyl (C=O) groups excluding carboxylic acids is 1. The normalized spacial score (nSPS) is 10.3. The Hall–Kier alpha value is -3.89. The topological polar surface area (TPSA) is 71.9 Å². The third-order valence-corrected chi connectivity index (χ3v) is 4.76. The van der Waals surface area contributed by atoms with Crippen LogP contribution in [0.3, 0.4) is 0 Å². The van der Waals surface area contributed by atoms with Gasteiger partial charge in [0.15, 0.2) is 5.78 Å². The largest absolute Gasteiger partial charge is 0.512 e. The third-order valence-electron chi connectivity index (χ3n) is 4.76. The Balaban J connectivity index is 0.000000532. The summed E-state index contributed by atoms with van der Waals surface area (Å²) in [6, 6.07) is 30.3. The van der Waals surface area contributed by atoms with Crippen LogP contribution in [0.4, 0.5) is 5.69 Å². The predicted molar refractivity (Wildman–Crippen MR) is 143 cm³/mol. The van der Waals surface area contributed by atoms with Crippen LogP contribution in [-0.4, -0.2) is 30.0 Å². The molecule has 0 saturated carbocycles. The van der Waals surface area contributed by atoms with Crippen molar-refractivity contribution in [2.75, 3.05) is 19.0 Å². The maximum absolute atomic E-state index is 10.0. The molecule has 4 rings (SSSR count). The second-order valence-electron chi connectivity index (χ2n) is 8.09. The van der Waals surface area contributed by atoms with Crippen LogP contribution in [0.25, 0.3) is 11.3 Å². The van der Waals surface area contributed by atoms with E-state index in [2.05, 4.69) is 11.1 Å². The van der Waals surface area contributed by atoms with Crippen LogP contribution in [0.15, 0.2) is 103 Å². The Kier molecular flexibility index (Phi) is 11.6. The molecule has 7 heteroatoms. The molecule has 0 spiro atoms. The van der Waals surface area contributed by atoms with Gasteiger partial charge in [0.1, 0.15) is 11.5 Å². The summed E-state index contributed by atoms with van der Waals surface area (Å²) < 4.78 is 12.1. The minimum Gasteiger partial charge on any atom is -0.512 e. The van der Waals surface area contributed by atoms with Crippen LogP contribution in [0, 0.1) is 6.07 Å². The first-order valence-electron chi connectivity index (χ1n) is 11.3. The number of ether oxygens (including phenoxy) is 2. The maximum atomic E-state index is 10.0. The average molecular weight is 677 g/mol. The zero-order valence-corrected chi connectivity index (χ0v) is 23.4. The van der Waals surface area contributed by atoms with Gasteiger partial charge in [-0.2, -0.15) is 0 Å². The Bertz CT molecular complexity index is 1310. The fraction of sp³-hybridized carbons (Fsp3) is 0.133. The fourth-order valence-electron chi connectivity index (χ4n) is 3.17. The number of pyridine rings is 1. The van der Waals surface area contributed by atoms with Crippen LogP contribution in [0.5, 0.6) is 23.0 Å². The quantitative estimate of drug-likeness (QED) is 0.127. The van der Waals surface area contributed by atoms with Crippen molar-refractivity contribution in [1.29, 1.82) is 0 Å². The van der Waals surface area contributed by atoms with Gasteiger partial charge >= 0.3 is 0 Å². The van der Waals surface area contributed by atoms with Crippen molar-refractivity contribution < 1.29 is 40.4 Å². The van der Waals surface area contributed by atoms with E-state index in [4.69, 9.17) is 14.6 Å². The Morgan fingerprint density at radius 1 is 0.892 bits per heavy atom. The van der Waals surface area contributed by atoms with Crippen molar-refractivity contribution in [3.8, 4) is 34.3 Å². The van der Waals surface area contributed by atoms with Gasteiger partial charge in [0.05, 0.1) is 5.76 Å². The minimum atomic E-state index is -0.125. The number of hydrogen-bond acceptors (Lipinski definition) is 6. The van der Waals surface area contributed by atoms with E-state index in [9.17, 15) is 4.79 Å². The molecule has 1 heterocycles. The number of aromatic nitrogens is 1. The minimum absolute atomic E-state index is 0. The van der Waals surface area contributed by atoms with E-state index in [-0.39, 0.29) is 32.6 Å². The molecule has 37 heavy (non-hydrogen) atoms. The number of aliphatic hydroxyl groups is 1. The van der Waals surface area contributed by atoms with Gasteiger partial charge < -0.3 is 24.5 Å². The summed E-state index contributed by atoms with van der Waals surface area (Å²) in [4.78, 5) is 16.6. The number of nitrogens with zero attached hydrogens (tertiary/aromatic N) is 2. The predicted octanol–water partition coefficient (Wildman–Crippen LogP) is 7.23. The van der Waals surface area contributed by atoms with Crippen LogP contribution in [0.1, 0.15) is 13.8 Å². The molecule has 0 fully saturated rings. The molecule has 0 radical (unpaired) electrons. The molecule has 1 N–H and O–H groups in total. The van der Waals surface area contributed by atoms with Crippen molar-refractivity contribution in [3.05, 3.63) is 109 Å². The molecular formula is C30H29N2O4Pt-. The number of hydrogen-bond donors (Lipinski definition) is 1. The molecule has 0 bridgehead atoms. The van der Waals surface area contributed by atoms with E-state index in [0.717, 1.165) is 28.4 Å². The molecule has 0 aliphatic carbocycles.